The molecule has 3 saturated carbocycles. The molecule has 0 saturated heterocycles. The third-order valence-electron chi connectivity index (χ3n) is 8.28. The number of hydrogen-bond donors (Lipinski definition) is 4. The first kappa shape index (κ1) is 26.5. The zero-order valence-electron chi connectivity index (χ0n) is 19.8. The van der Waals surface area contributed by atoms with Crippen LogP contribution in [0.15, 0.2) is 41.3 Å². The van der Waals surface area contributed by atoms with Crippen LogP contribution in [0.25, 0.3) is 0 Å². The van der Waals surface area contributed by atoms with Crippen molar-refractivity contribution in [2.24, 2.45) is 17.8 Å². The van der Waals surface area contributed by atoms with Crippen LogP contribution >= 0.6 is 11.6 Å². The number of halogens is 3. The van der Waals surface area contributed by atoms with Gasteiger partial charge in [0, 0.05) is 17.3 Å². The molecule has 4 atom stereocenters. The largest absolute Gasteiger partial charge is 0.390 e. The van der Waals surface area contributed by atoms with Crippen LogP contribution in [0.3, 0.4) is 0 Å². The van der Waals surface area contributed by atoms with E-state index in [1.54, 1.807) is 0 Å². The summed E-state index contributed by atoms with van der Waals surface area (Å²) >= 11 is 6.26. The van der Waals surface area contributed by atoms with Crippen LogP contribution in [0.1, 0.15) is 48.9 Å². The number of carbonyl (C=O) groups excluding carboxylic acids is 1. The van der Waals surface area contributed by atoms with Crippen LogP contribution < -0.4 is 5.32 Å². The summed E-state index contributed by atoms with van der Waals surface area (Å²) in [6, 6.07) is 6.63. The summed E-state index contributed by atoms with van der Waals surface area (Å²) in [5, 5.41) is 34.2. The van der Waals surface area contributed by atoms with E-state index in [1.807, 2.05) is 0 Å². The van der Waals surface area contributed by atoms with E-state index in [2.05, 4.69) is 5.32 Å². The number of benzene rings is 2. The fraction of sp³-hybridized carbons (Fsp3) is 0.500. The molecule has 2 unspecified atom stereocenters. The molecular weight excluding hydrogens is 528 g/mol. The Morgan fingerprint density at radius 1 is 1.00 bits per heavy atom. The number of anilines is 1. The summed E-state index contributed by atoms with van der Waals surface area (Å²) in [6.45, 7) is 0. The Hall–Kier alpha value is -2.11. The maximum Gasteiger partial charge on any atom is 0.255 e. The molecule has 3 aliphatic rings. The van der Waals surface area contributed by atoms with Gasteiger partial charge in [0.15, 0.2) is 21.5 Å². The number of nitrogens with one attached hydrogen (secondary N) is 1. The summed E-state index contributed by atoms with van der Waals surface area (Å²) in [4.78, 5) is 12.5. The third-order valence-corrected chi connectivity index (χ3v) is 10.9. The topological polar surface area (TPSA) is 124 Å². The van der Waals surface area contributed by atoms with Gasteiger partial charge in [-0.2, -0.15) is 0 Å². The molecule has 0 spiro atoms. The number of hydrogen-bond acceptors (Lipinski definition) is 6. The molecule has 2 aromatic rings. The first-order valence-electron chi connectivity index (χ1n) is 12.3. The minimum atomic E-state index is -4.04. The Morgan fingerprint density at radius 2 is 1.65 bits per heavy atom. The molecule has 200 valence electrons. The second-order valence-electron chi connectivity index (χ2n) is 10.5. The molecule has 0 radical (unpaired) electrons. The Bertz CT molecular complexity index is 1320. The van der Waals surface area contributed by atoms with Gasteiger partial charge in [-0.05, 0) is 86.6 Å². The summed E-state index contributed by atoms with van der Waals surface area (Å²) in [5.41, 5.74) is -1.59. The van der Waals surface area contributed by atoms with Crippen molar-refractivity contribution in [2.75, 3.05) is 5.32 Å². The van der Waals surface area contributed by atoms with Crippen LogP contribution in [0, 0.1) is 29.4 Å². The summed E-state index contributed by atoms with van der Waals surface area (Å²) in [6.07, 6.45) is 0.446. The smallest absolute Gasteiger partial charge is 0.255 e. The fourth-order valence-corrected chi connectivity index (χ4v) is 8.47. The number of carbonyl (C=O) groups is 1. The van der Waals surface area contributed by atoms with E-state index in [9.17, 15) is 37.3 Å². The second kappa shape index (κ2) is 9.57. The predicted molar refractivity (Wildman–Crippen MR) is 132 cm³/mol. The summed E-state index contributed by atoms with van der Waals surface area (Å²) in [7, 11) is -4.04. The average molecular weight is 556 g/mol. The average Bonchev–Trinajstić information content (AvgIpc) is 3.68. The van der Waals surface area contributed by atoms with E-state index in [4.69, 9.17) is 11.6 Å². The lowest BCUT2D eigenvalue weighted by Crippen LogP contribution is -2.59. The summed E-state index contributed by atoms with van der Waals surface area (Å²) < 4.78 is 54.0. The molecule has 2 aromatic carbocycles. The van der Waals surface area contributed by atoms with Crippen LogP contribution in [-0.2, 0) is 9.84 Å². The second-order valence-corrected chi connectivity index (χ2v) is 13.1. The molecule has 37 heavy (non-hydrogen) atoms. The van der Waals surface area contributed by atoms with Crippen LogP contribution in [0.4, 0.5) is 14.5 Å². The molecule has 5 rings (SSSR count). The van der Waals surface area contributed by atoms with Gasteiger partial charge in [0.1, 0.15) is 6.10 Å². The van der Waals surface area contributed by atoms with Crippen molar-refractivity contribution in [3.8, 4) is 0 Å². The number of fused-ring (bicyclic) bond motifs is 2. The van der Waals surface area contributed by atoms with E-state index in [1.165, 1.54) is 18.2 Å². The minimum Gasteiger partial charge on any atom is -0.390 e. The number of aliphatic hydroxyl groups excluding tert-OH is 2. The standard InChI is InChI=1S/C26H28ClF2NO6S/c27-19-7-3-14(25(33)30-17-6-8-20(28)21(29)12-17)9-22(19)37(35,36)18-10-15-4-5-16(11-18)26(15,34)24(32)23(31)13-1-2-13/h3,6-9,12-13,15-16,18,23-24,31-32,34H,1-2,4-5,10-11H2,(H,30,33)/t15?,16?,18-,23-,24+,26-/m0/s1. The van der Waals surface area contributed by atoms with Crippen LogP contribution in [-0.4, -0.2) is 52.7 Å². The lowest BCUT2D eigenvalue weighted by Gasteiger charge is -2.46. The van der Waals surface area contributed by atoms with Gasteiger partial charge in [-0.25, -0.2) is 17.2 Å². The quantitative estimate of drug-likeness (QED) is 0.413. The number of amides is 1. The Morgan fingerprint density at radius 3 is 2.24 bits per heavy atom. The van der Waals surface area contributed by atoms with Gasteiger partial charge >= 0.3 is 0 Å². The van der Waals surface area contributed by atoms with Crippen molar-refractivity contribution in [1.29, 1.82) is 0 Å². The normalized spacial score (nSPS) is 29.1. The fourth-order valence-electron chi connectivity index (χ4n) is 6.07. The van der Waals surface area contributed by atoms with Crippen molar-refractivity contribution >= 4 is 33.0 Å². The van der Waals surface area contributed by atoms with E-state index in [-0.39, 0.29) is 39.9 Å². The molecule has 3 fully saturated rings. The van der Waals surface area contributed by atoms with Crippen molar-refractivity contribution in [1.82, 2.24) is 0 Å². The van der Waals surface area contributed by atoms with Gasteiger partial charge in [-0.3, -0.25) is 4.79 Å². The first-order valence-corrected chi connectivity index (χ1v) is 14.2. The molecule has 11 heteroatoms. The Balaban J connectivity index is 1.37. The van der Waals surface area contributed by atoms with Gasteiger partial charge in [0.05, 0.1) is 26.9 Å². The highest BCUT2D eigenvalue weighted by molar-refractivity contribution is 7.92. The number of rotatable bonds is 7. The van der Waals surface area contributed by atoms with E-state index in [0.717, 1.165) is 31.0 Å². The third kappa shape index (κ3) is 4.67. The maximum atomic E-state index is 13.7. The predicted octanol–water partition coefficient (Wildman–Crippen LogP) is 3.70. The van der Waals surface area contributed by atoms with Crippen LogP contribution in [0.5, 0.6) is 0 Å². The molecule has 0 aromatic heterocycles. The van der Waals surface area contributed by atoms with E-state index >= 15 is 0 Å². The maximum absolute atomic E-state index is 13.7. The van der Waals surface area contributed by atoms with E-state index < -0.39 is 62.3 Å². The van der Waals surface area contributed by atoms with Gasteiger partial charge in [-0.1, -0.05) is 11.6 Å². The molecule has 2 bridgehead atoms. The molecule has 3 aliphatic carbocycles. The Kier molecular flexibility index (Phi) is 6.85. The van der Waals surface area contributed by atoms with Crippen molar-refractivity contribution in [3.63, 3.8) is 0 Å². The highest BCUT2D eigenvalue weighted by Crippen LogP contribution is 2.55. The molecule has 0 aliphatic heterocycles. The molecule has 1 amide bonds. The Labute approximate surface area is 218 Å². The van der Waals surface area contributed by atoms with Crippen molar-refractivity contribution in [2.45, 2.75) is 66.5 Å². The highest BCUT2D eigenvalue weighted by Gasteiger charge is 2.61. The summed E-state index contributed by atoms with van der Waals surface area (Å²) in [5.74, 6) is -3.99. The van der Waals surface area contributed by atoms with Gasteiger partial charge in [0.2, 0.25) is 0 Å². The molecule has 4 N–H and O–H groups in total. The van der Waals surface area contributed by atoms with Crippen molar-refractivity contribution < 1.29 is 37.3 Å². The monoisotopic (exact) mass is 555 g/mol. The zero-order chi connectivity index (χ0) is 26.7. The zero-order valence-corrected chi connectivity index (χ0v) is 21.4. The van der Waals surface area contributed by atoms with Gasteiger partial charge in [-0.15, -0.1) is 0 Å². The van der Waals surface area contributed by atoms with Crippen LogP contribution in [0.2, 0.25) is 5.02 Å². The number of aliphatic hydroxyl groups is 3. The molecular formula is C26H28ClF2NO6S. The lowest BCUT2D eigenvalue weighted by atomic mass is 9.69. The minimum absolute atomic E-state index is 0.00154. The molecule has 7 nitrogen and oxygen atoms in total. The molecule has 0 heterocycles. The van der Waals surface area contributed by atoms with Gasteiger partial charge < -0.3 is 20.6 Å². The highest BCUT2D eigenvalue weighted by atomic mass is 35.5. The lowest BCUT2D eigenvalue weighted by molar-refractivity contribution is -0.179. The van der Waals surface area contributed by atoms with Crippen molar-refractivity contribution in [3.05, 3.63) is 58.6 Å². The number of sulfone groups is 1. The SMILES string of the molecule is O=C(Nc1ccc(F)c(F)c1)c1ccc(Cl)c(S(=O)(=O)[C@H]2CC3CCC(C2)[C@]3(O)[C@H](O)[C@@H](O)C2CC2)c1. The van der Waals surface area contributed by atoms with Gasteiger partial charge in [0.25, 0.3) is 5.91 Å². The van der Waals surface area contributed by atoms with E-state index in [0.29, 0.717) is 12.8 Å². The first-order chi connectivity index (χ1) is 17.4.